The Morgan fingerprint density at radius 2 is 2.12 bits per heavy atom. The van der Waals surface area contributed by atoms with Crippen molar-refractivity contribution in [2.24, 2.45) is 0 Å². The van der Waals surface area contributed by atoms with Gasteiger partial charge in [-0.05, 0) is 32.9 Å². The predicted octanol–water partition coefficient (Wildman–Crippen LogP) is 3.07. The fourth-order valence-electron chi connectivity index (χ4n) is 2.37. The molecule has 0 fully saturated rings. The van der Waals surface area contributed by atoms with Gasteiger partial charge in [0.1, 0.15) is 0 Å². The molecule has 24 heavy (non-hydrogen) atoms. The number of benzene rings is 1. The van der Waals surface area contributed by atoms with Gasteiger partial charge >= 0.3 is 5.97 Å². The minimum absolute atomic E-state index is 0.0318. The van der Waals surface area contributed by atoms with Crippen LogP contribution in [0.5, 0.6) is 0 Å². The van der Waals surface area contributed by atoms with Crippen molar-refractivity contribution in [3.63, 3.8) is 0 Å². The summed E-state index contributed by atoms with van der Waals surface area (Å²) in [6.45, 7) is 5.80. The second-order valence-corrected chi connectivity index (χ2v) is 5.46. The maximum absolute atomic E-state index is 12.6. The van der Waals surface area contributed by atoms with Gasteiger partial charge in [0.05, 0.1) is 22.4 Å². The zero-order valence-electron chi connectivity index (χ0n) is 13.7. The summed E-state index contributed by atoms with van der Waals surface area (Å²) in [4.78, 5) is 34.5. The third kappa shape index (κ3) is 3.51. The van der Waals surface area contributed by atoms with Crippen molar-refractivity contribution in [3.8, 4) is 0 Å². The number of aromatic nitrogens is 1. The summed E-state index contributed by atoms with van der Waals surface area (Å²) in [5.74, 6) is -0.549. The molecule has 7 nitrogen and oxygen atoms in total. The molecule has 0 aliphatic rings. The second-order valence-electron chi connectivity index (χ2n) is 5.46. The average molecular weight is 330 g/mol. The Morgan fingerprint density at radius 1 is 1.42 bits per heavy atom. The van der Waals surface area contributed by atoms with Crippen LogP contribution in [0.15, 0.2) is 35.3 Å². The standard InChI is InChI=1S/C17H18N2O5/c1-4-24-16(20)8-5-12-10-18(11(2)3)15-7-6-13(19(22)23)9-14(15)17(12)21/h5-11H,4H2,1-3H3. The molecule has 0 saturated heterocycles. The molecule has 0 unspecified atom stereocenters. The zero-order chi connectivity index (χ0) is 17.9. The number of pyridine rings is 1. The first-order valence-corrected chi connectivity index (χ1v) is 7.53. The molecule has 0 atom stereocenters. The molecule has 126 valence electrons. The van der Waals surface area contributed by atoms with Gasteiger partial charge < -0.3 is 9.30 Å². The number of hydrogen-bond acceptors (Lipinski definition) is 5. The van der Waals surface area contributed by atoms with E-state index in [4.69, 9.17) is 4.74 Å². The Balaban J connectivity index is 2.68. The molecule has 2 rings (SSSR count). The lowest BCUT2D eigenvalue weighted by Crippen LogP contribution is -2.14. The van der Waals surface area contributed by atoms with Crippen LogP contribution in [0.1, 0.15) is 32.4 Å². The fourth-order valence-corrected chi connectivity index (χ4v) is 2.37. The first-order chi connectivity index (χ1) is 11.3. The summed E-state index contributed by atoms with van der Waals surface area (Å²) >= 11 is 0. The monoisotopic (exact) mass is 330 g/mol. The third-order valence-electron chi connectivity index (χ3n) is 3.50. The van der Waals surface area contributed by atoms with E-state index in [-0.39, 0.29) is 34.7 Å². The lowest BCUT2D eigenvalue weighted by molar-refractivity contribution is -0.384. The Kier molecular flexibility index (Phi) is 5.13. The van der Waals surface area contributed by atoms with E-state index in [1.165, 1.54) is 24.3 Å². The molecule has 2 aromatic rings. The van der Waals surface area contributed by atoms with Gasteiger partial charge in [0.25, 0.3) is 5.69 Å². The number of nitro groups is 1. The van der Waals surface area contributed by atoms with Gasteiger partial charge in [0.2, 0.25) is 0 Å². The summed E-state index contributed by atoms with van der Waals surface area (Å²) in [6.07, 6.45) is 4.18. The second kappa shape index (κ2) is 7.08. The first-order valence-electron chi connectivity index (χ1n) is 7.53. The number of carbonyl (C=O) groups is 1. The van der Waals surface area contributed by atoms with E-state index in [9.17, 15) is 19.7 Å². The molecule has 0 aliphatic heterocycles. The van der Waals surface area contributed by atoms with Crippen LogP contribution in [-0.4, -0.2) is 22.1 Å². The summed E-state index contributed by atoms with van der Waals surface area (Å²) < 4.78 is 6.63. The number of fused-ring (bicyclic) bond motifs is 1. The van der Waals surface area contributed by atoms with Gasteiger partial charge in [-0.2, -0.15) is 0 Å². The van der Waals surface area contributed by atoms with Crippen LogP contribution < -0.4 is 5.43 Å². The summed E-state index contributed by atoms with van der Waals surface area (Å²) in [7, 11) is 0. The highest BCUT2D eigenvalue weighted by Crippen LogP contribution is 2.22. The number of ether oxygens (including phenoxy) is 1. The quantitative estimate of drug-likeness (QED) is 0.363. The van der Waals surface area contributed by atoms with E-state index >= 15 is 0 Å². The van der Waals surface area contributed by atoms with Crippen molar-refractivity contribution in [2.45, 2.75) is 26.8 Å². The number of non-ortho nitro benzene ring substituents is 1. The smallest absolute Gasteiger partial charge is 0.330 e. The van der Waals surface area contributed by atoms with Crippen LogP contribution in [0.25, 0.3) is 17.0 Å². The molecule has 0 bridgehead atoms. The molecular formula is C17H18N2O5. The lowest BCUT2D eigenvalue weighted by atomic mass is 10.1. The van der Waals surface area contributed by atoms with Crippen LogP contribution in [0, 0.1) is 10.1 Å². The SMILES string of the molecule is CCOC(=O)C=Cc1cn(C(C)C)c2ccc([N+](=O)[O-])cc2c1=O. The summed E-state index contributed by atoms with van der Waals surface area (Å²) in [5, 5.41) is 11.2. The lowest BCUT2D eigenvalue weighted by Gasteiger charge is -2.15. The van der Waals surface area contributed by atoms with E-state index in [1.807, 2.05) is 18.4 Å². The van der Waals surface area contributed by atoms with Crippen LogP contribution in [0.3, 0.4) is 0 Å². The molecule has 0 amide bonds. The Hall–Kier alpha value is -2.96. The van der Waals surface area contributed by atoms with Crippen LogP contribution in [-0.2, 0) is 9.53 Å². The molecule has 1 aromatic carbocycles. The Morgan fingerprint density at radius 3 is 2.71 bits per heavy atom. The molecule has 0 saturated carbocycles. The number of hydrogen-bond donors (Lipinski definition) is 0. The number of carbonyl (C=O) groups excluding carboxylic acids is 1. The van der Waals surface area contributed by atoms with Gasteiger partial charge in [0, 0.05) is 36.0 Å². The van der Waals surface area contributed by atoms with Crippen LogP contribution in [0.2, 0.25) is 0 Å². The van der Waals surface area contributed by atoms with Crippen molar-refractivity contribution < 1.29 is 14.5 Å². The first kappa shape index (κ1) is 17.4. The highest BCUT2D eigenvalue weighted by Gasteiger charge is 2.14. The largest absolute Gasteiger partial charge is 0.463 e. The number of esters is 1. The molecule has 0 N–H and O–H groups in total. The maximum Gasteiger partial charge on any atom is 0.330 e. The molecular weight excluding hydrogens is 312 g/mol. The van der Waals surface area contributed by atoms with Gasteiger partial charge in [-0.1, -0.05) is 0 Å². The number of rotatable bonds is 5. The fraction of sp³-hybridized carbons (Fsp3) is 0.294. The van der Waals surface area contributed by atoms with E-state index in [0.29, 0.717) is 5.52 Å². The Bertz CT molecular complexity index is 880. The highest BCUT2D eigenvalue weighted by molar-refractivity contribution is 5.89. The number of nitrogens with zero attached hydrogens (tertiary/aromatic N) is 2. The van der Waals surface area contributed by atoms with Crippen molar-refractivity contribution in [1.82, 2.24) is 4.57 Å². The van der Waals surface area contributed by atoms with E-state index in [0.717, 1.165) is 0 Å². The summed E-state index contributed by atoms with van der Waals surface area (Å²) in [6, 6.07) is 4.23. The van der Waals surface area contributed by atoms with Gasteiger partial charge in [-0.15, -0.1) is 0 Å². The number of nitro benzene ring substituents is 1. The summed E-state index contributed by atoms with van der Waals surface area (Å²) in [5.41, 5.74) is 0.353. The van der Waals surface area contributed by atoms with Crippen molar-refractivity contribution in [3.05, 3.63) is 56.4 Å². The van der Waals surface area contributed by atoms with Crippen molar-refractivity contribution in [1.29, 1.82) is 0 Å². The normalized spacial score (nSPS) is 11.3. The highest BCUT2D eigenvalue weighted by atomic mass is 16.6. The molecule has 1 aromatic heterocycles. The maximum atomic E-state index is 12.6. The van der Waals surface area contributed by atoms with Crippen molar-refractivity contribution in [2.75, 3.05) is 6.61 Å². The molecule has 0 aliphatic carbocycles. The topological polar surface area (TPSA) is 91.4 Å². The van der Waals surface area contributed by atoms with Crippen LogP contribution in [0.4, 0.5) is 5.69 Å². The van der Waals surface area contributed by atoms with Crippen molar-refractivity contribution >= 4 is 28.6 Å². The molecule has 7 heteroatoms. The van der Waals surface area contributed by atoms with Gasteiger partial charge in [-0.25, -0.2) is 4.79 Å². The molecule has 1 heterocycles. The Labute approximate surface area is 138 Å². The molecule has 0 radical (unpaired) electrons. The predicted molar refractivity (Wildman–Crippen MR) is 90.9 cm³/mol. The van der Waals surface area contributed by atoms with Gasteiger partial charge in [0.15, 0.2) is 5.43 Å². The zero-order valence-corrected chi connectivity index (χ0v) is 13.7. The third-order valence-corrected chi connectivity index (χ3v) is 3.50. The average Bonchev–Trinajstić information content (AvgIpc) is 2.53. The van der Waals surface area contributed by atoms with E-state index in [1.54, 1.807) is 19.2 Å². The van der Waals surface area contributed by atoms with Gasteiger partial charge in [-0.3, -0.25) is 14.9 Å². The van der Waals surface area contributed by atoms with E-state index in [2.05, 4.69) is 0 Å². The minimum Gasteiger partial charge on any atom is -0.463 e. The molecule has 0 spiro atoms. The van der Waals surface area contributed by atoms with Crippen LogP contribution >= 0.6 is 0 Å². The van der Waals surface area contributed by atoms with E-state index < -0.39 is 10.9 Å². The minimum atomic E-state index is -0.549.